The summed E-state index contributed by atoms with van der Waals surface area (Å²) >= 11 is 0. The topological polar surface area (TPSA) is 98.6 Å². The highest BCUT2D eigenvalue weighted by atomic mass is 16.6. The summed E-state index contributed by atoms with van der Waals surface area (Å²) in [5, 5.41) is 7.61. The number of rotatable bonds is 9. The van der Waals surface area contributed by atoms with Crippen molar-refractivity contribution in [2.24, 2.45) is 11.8 Å². The fraction of sp³-hybridized carbons (Fsp3) is 0.579. The Balaban J connectivity index is 1.15. The van der Waals surface area contributed by atoms with E-state index in [1.165, 1.54) is 24.0 Å². The maximum Gasteiger partial charge on any atom is 0.407 e. The number of aromatic nitrogens is 3. The number of carbonyl (C=O) groups excluding carboxylic acids is 2. The third-order valence-corrected chi connectivity index (χ3v) is 10.1. The molecule has 0 spiro atoms. The van der Waals surface area contributed by atoms with Crippen LogP contribution in [0.2, 0.25) is 0 Å². The maximum atomic E-state index is 14.4. The fourth-order valence-electron chi connectivity index (χ4n) is 7.34. The van der Waals surface area contributed by atoms with Gasteiger partial charge in [0.2, 0.25) is 5.91 Å². The summed E-state index contributed by atoms with van der Waals surface area (Å²) in [6.07, 6.45) is 15.1. The first-order chi connectivity index (χ1) is 22.6. The van der Waals surface area contributed by atoms with Crippen molar-refractivity contribution in [3.8, 4) is 16.9 Å². The first kappa shape index (κ1) is 33.0. The minimum Gasteiger partial charge on any atom is -0.496 e. The lowest BCUT2D eigenvalue weighted by molar-refractivity contribution is -0.123. The van der Waals surface area contributed by atoms with Crippen molar-refractivity contribution < 1.29 is 19.1 Å². The molecule has 2 aromatic heterocycles. The highest BCUT2D eigenvalue weighted by molar-refractivity contribution is 5.94. The number of ether oxygens (including phenoxy) is 2. The van der Waals surface area contributed by atoms with E-state index in [4.69, 9.17) is 14.5 Å². The summed E-state index contributed by atoms with van der Waals surface area (Å²) < 4.78 is 13.0. The van der Waals surface area contributed by atoms with Crippen molar-refractivity contribution in [3.05, 3.63) is 60.0 Å². The lowest BCUT2D eigenvalue weighted by Gasteiger charge is -2.36. The summed E-state index contributed by atoms with van der Waals surface area (Å²) in [6, 6.07) is 11.2. The second-order valence-corrected chi connectivity index (χ2v) is 14.9. The van der Waals surface area contributed by atoms with Crippen LogP contribution in [0.25, 0.3) is 11.1 Å². The third-order valence-electron chi connectivity index (χ3n) is 10.1. The molecule has 0 atom stereocenters. The molecule has 1 aromatic carbocycles. The van der Waals surface area contributed by atoms with Gasteiger partial charge >= 0.3 is 6.09 Å². The molecule has 47 heavy (non-hydrogen) atoms. The van der Waals surface area contributed by atoms with Crippen LogP contribution in [-0.4, -0.2) is 52.1 Å². The van der Waals surface area contributed by atoms with Crippen LogP contribution in [0.15, 0.2) is 48.9 Å². The van der Waals surface area contributed by atoms with Gasteiger partial charge in [-0.3, -0.25) is 14.4 Å². The smallest absolute Gasteiger partial charge is 0.407 e. The van der Waals surface area contributed by atoms with Crippen LogP contribution in [0.3, 0.4) is 0 Å². The number of aryl methyl sites for hydroxylation is 1. The number of amides is 2. The van der Waals surface area contributed by atoms with E-state index < -0.39 is 5.60 Å². The van der Waals surface area contributed by atoms with Crippen molar-refractivity contribution in [1.29, 1.82) is 0 Å². The second-order valence-electron chi connectivity index (χ2n) is 14.9. The molecule has 0 unspecified atom stereocenters. The quantitative estimate of drug-likeness (QED) is 0.254. The summed E-state index contributed by atoms with van der Waals surface area (Å²) in [5.74, 6) is 2.62. The zero-order valence-corrected chi connectivity index (χ0v) is 28.7. The van der Waals surface area contributed by atoms with Gasteiger partial charge in [-0.1, -0.05) is 12.1 Å². The molecule has 3 fully saturated rings. The van der Waals surface area contributed by atoms with Gasteiger partial charge in [0.1, 0.15) is 17.2 Å². The average Bonchev–Trinajstić information content (AvgIpc) is 3.79. The van der Waals surface area contributed by atoms with Crippen LogP contribution in [0, 0.1) is 18.8 Å². The van der Waals surface area contributed by atoms with Crippen LogP contribution >= 0.6 is 0 Å². The lowest BCUT2D eigenvalue weighted by atomic mass is 9.78. The van der Waals surface area contributed by atoms with E-state index in [-0.39, 0.29) is 24.0 Å². The molecule has 3 aromatic rings. The molecule has 2 amide bonds. The average molecular weight is 642 g/mol. The number of anilines is 1. The van der Waals surface area contributed by atoms with E-state index in [2.05, 4.69) is 52.5 Å². The number of hydrogen-bond acceptors (Lipinski definition) is 6. The maximum absolute atomic E-state index is 14.4. The molecule has 0 aliphatic heterocycles. The lowest BCUT2D eigenvalue weighted by Crippen LogP contribution is -2.45. The first-order valence-electron chi connectivity index (χ1n) is 17.5. The standard InChI is InChI=1S/C38H51N5O4/c1-25-20-29(12-17-34(25)46-5)27-8-6-26(7-9-27)23-42(35-21-30(18-19-39-35)31-22-40-43(24-31)33-15-16-33)36(44)28-10-13-32(14-11-28)41-37(45)47-38(2,3)4/h12,17-22,24,26-28,32-33H,6-11,13-16,23H2,1-5H3,(H,41,45)/t26-,27-,28-,32-. The number of carbonyl (C=O) groups is 2. The van der Waals surface area contributed by atoms with Gasteiger partial charge in [-0.05, 0) is 139 Å². The van der Waals surface area contributed by atoms with Crippen molar-refractivity contribution >= 4 is 17.8 Å². The monoisotopic (exact) mass is 641 g/mol. The molecule has 2 heterocycles. The third kappa shape index (κ3) is 8.35. The molecular weight excluding hydrogens is 590 g/mol. The van der Waals surface area contributed by atoms with Gasteiger partial charge in [-0.15, -0.1) is 0 Å². The van der Waals surface area contributed by atoms with Crippen molar-refractivity contribution in [2.45, 2.75) is 116 Å². The highest BCUT2D eigenvalue weighted by Crippen LogP contribution is 2.39. The van der Waals surface area contributed by atoms with Gasteiger partial charge in [0.15, 0.2) is 0 Å². The van der Waals surface area contributed by atoms with Gasteiger partial charge in [0.25, 0.3) is 0 Å². The molecule has 9 heteroatoms. The van der Waals surface area contributed by atoms with Gasteiger partial charge in [-0.2, -0.15) is 5.10 Å². The number of benzene rings is 1. The summed E-state index contributed by atoms with van der Waals surface area (Å²) in [7, 11) is 1.72. The van der Waals surface area contributed by atoms with Gasteiger partial charge in [0, 0.05) is 36.5 Å². The number of nitrogens with zero attached hydrogens (tertiary/aromatic N) is 4. The van der Waals surface area contributed by atoms with Crippen molar-refractivity contribution in [1.82, 2.24) is 20.1 Å². The van der Waals surface area contributed by atoms with Crippen LogP contribution in [-0.2, 0) is 9.53 Å². The molecule has 1 N–H and O–H groups in total. The fourth-order valence-corrected chi connectivity index (χ4v) is 7.34. The van der Waals surface area contributed by atoms with E-state index >= 15 is 0 Å². The van der Waals surface area contributed by atoms with Crippen LogP contribution in [0.1, 0.15) is 108 Å². The second kappa shape index (κ2) is 14.1. The molecule has 0 saturated heterocycles. The molecule has 3 saturated carbocycles. The number of nitrogens with one attached hydrogen (secondary N) is 1. The van der Waals surface area contributed by atoms with Crippen LogP contribution in [0.4, 0.5) is 10.6 Å². The zero-order chi connectivity index (χ0) is 33.1. The normalized spacial score (nSPS) is 23.2. The first-order valence-corrected chi connectivity index (χ1v) is 17.5. The molecule has 0 radical (unpaired) electrons. The Morgan fingerprint density at radius 3 is 2.36 bits per heavy atom. The summed E-state index contributed by atoms with van der Waals surface area (Å²) in [6.45, 7) is 8.37. The Labute approximate surface area is 279 Å². The van der Waals surface area contributed by atoms with Crippen molar-refractivity contribution in [2.75, 3.05) is 18.6 Å². The largest absolute Gasteiger partial charge is 0.496 e. The Morgan fingerprint density at radius 2 is 1.70 bits per heavy atom. The molecule has 252 valence electrons. The molecule has 9 nitrogen and oxygen atoms in total. The Bertz CT molecular complexity index is 1540. The van der Waals surface area contributed by atoms with Gasteiger partial charge < -0.3 is 14.8 Å². The van der Waals surface area contributed by atoms with Crippen molar-refractivity contribution in [3.63, 3.8) is 0 Å². The minimum absolute atomic E-state index is 0.0173. The Morgan fingerprint density at radius 1 is 0.957 bits per heavy atom. The van der Waals surface area contributed by atoms with Gasteiger partial charge in [0.05, 0.1) is 19.3 Å². The van der Waals surface area contributed by atoms with E-state index in [0.29, 0.717) is 30.2 Å². The Hall–Kier alpha value is -3.88. The van der Waals surface area contributed by atoms with E-state index in [9.17, 15) is 9.59 Å². The van der Waals surface area contributed by atoms with Crippen LogP contribution in [0.5, 0.6) is 5.75 Å². The predicted molar refractivity (Wildman–Crippen MR) is 184 cm³/mol. The summed E-state index contributed by atoms with van der Waals surface area (Å²) in [4.78, 5) is 33.5. The van der Waals surface area contributed by atoms with E-state index in [1.54, 1.807) is 7.11 Å². The van der Waals surface area contributed by atoms with E-state index in [1.807, 2.05) is 44.1 Å². The van der Waals surface area contributed by atoms with E-state index in [0.717, 1.165) is 68.2 Å². The number of alkyl carbamates (subject to hydrolysis) is 1. The Kier molecular flexibility index (Phi) is 9.90. The predicted octanol–water partition coefficient (Wildman–Crippen LogP) is 7.99. The van der Waals surface area contributed by atoms with Crippen LogP contribution < -0.4 is 15.0 Å². The number of pyridine rings is 1. The molecular formula is C38H51N5O4. The minimum atomic E-state index is -0.539. The molecule has 3 aliphatic rings. The highest BCUT2D eigenvalue weighted by Gasteiger charge is 2.34. The molecule has 6 rings (SSSR count). The molecule has 0 bridgehead atoms. The summed E-state index contributed by atoms with van der Waals surface area (Å²) in [5.41, 5.74) is 4.10. The van der Waals surface area contributed by atoms with Gasteiger partial charge in [-0.25, -0.2) is 9.78 Å². The molecule has 3 aliphatic carbocycles. The number of methoxy groups -OCH3 is 1. The number of hydrogen-bond donors (Lipinski definition) is 1. The zero-order valence-electron chi connectivity index (χ0n) is 28.7. The SMILES string of the molecule is COc1ccc([C@H]2CC[C@H](CN(c3cc(-c4cnn(C5CC5)c4)ccn3)C(=O)[C@H]3CC[C@H](NC(=O)OC(C)(C)C)CC3)CC2)cc1C.